The number of nitrogens with zero attached hydrogens (tertiary/aromatic N) is 3. The van der Waals surface area contributed by atoms with Crippen molar-refractivity contribution in [3.05, 3.63) is 17.0 Å². The molecule has 0 amide bonds. The molecule has 0 aliphatic carbocycles. The van der Waals surface area contributed by atoms with Crippen molar-refractivity contribution in [2.24, 2.45) is 0 Å². The fraction of sp³-hybridized carbons (Fsp3) is 0.692. The Balaban J connectivity index is 2.50. The first kappa shape index (κ1) is 16.1. The maximum Gasteiger partial charge on any atom is 0.218 e. The zero-order valence-electron chi connectivity index (χ0n) is 11.9. The maximum atomic E-state index is 5.93. The van der Waals surface area contributed by atoms with Crippen molar-refractivity contribution in [1.82, 2.24) is 14.9 Å². The van der Waals surface area contributed by atoms with Crippen LogP contribution < -0.4 is 4.74 Å². The van der Waals surface area contributed by atoms with Crippen molar-refractivity contribution in [3.8, 4) is 5.88 Å². The summed E-state index contributed by atoms with van der Waals surface area (Å²) in [5.41, 5.74) is 0. The van der Waals surface area contributed by atoms with Crippen LogP contribution in [0.15, 0.2) is 6.07 Å². The lowest BCUT2D eigenvalue weighted by molar-refractivity contribution is 0.127. The lowest BCUT2D eigenvalue weighted by Crippen LogP contribution is -2.28. The molecule has 0 saturated heterocycles. The van der Waals surface area contributed by atoms with Gasteiger partial charge in [0, 0.05) is 19.2 Å². The first-order chi connectivity index (χ1) is 9.19. The van der Waals surface area contributed by atoms with Gasteiger partial charge >= 0.3 is 0 Å². The average molecular weight is 288 g/mol. The molecule has 0 aliphatic heterocycles. The molecule has 1 aromatic heterocycles. The number of hydrogen-bond acceptors (Lipinski definition) is 5. The predicted molar refractivity (Wildman–Crippen MR) is 75.7 cm³/mol. The lowest BCUT2D eigenvalue weighted by Gasteiger charge is -2.17. The normalized spacial score (nSPS) is 11.0. The van der Waals surface area contributed by atoms with E-state index in [4.69, 9.17) is 21.1 Å². The van der Waals surface area contributed by atoms with Gasteiger partial charge in [-0.1, -0.05) is 25.4 Å². The molecule has 0 aliphatic rings. The molecule has 0 unspecified atom stereocenters. The summed E-state index contributed by atoms with van der Waals surface area (Å²) in [5.74, 6) is 1.05. The summed E-state index contributed by atoms with van der Waals surface area (Å²) < 4.78 is 10.9. The molecule has 6 heteroatoms. The molecular formula is C13H22ClN3O2. The smallest absolute Gasteiger partial charge is 0.218 e. The summed E-state index contributed by atoms with van der Waals surface area (Å²) in [5, 5.41) is 0.377. The van der Waals surface area contributed by atoms with Gasteiger partial charge in [0.2, 0.25) is 5.88 Å². The van der Waals surface area contributed by atoms with Gasteiger partial charge in [0.1, 0.15) is 18.4 Å². The third-order valence-electron chi connectivity index (χ3n) is 2.70. The van der Waals surface area contributed by atoms with Crippen LogP contribution in [0.4, 0.5) is 0 Å². The van der Waals surface area contributed by atoms with E-state index in [0.717, 1.165) is 19.6 Å². The Hall–Kier alpha value is -0.910. The predicted octanol–water partition coefficient (Wildman–Crippen LogP) is 2.39. The third kappa shape index (κ3) is 6.18. The molecule has 1 heterocycles. The number of hydrogen-bond donors (Lipinski definition) is 0. The first-order valence-corrected chi connectivity index (χ1v) is 7.03. The summed E-state index contributed by atoms with van der Waals surface area (Å²) in [6, 6.07) is 1.62. The topological polar surface area (TPSA) is 47.5 Å². The Morgan fingerprint density at radius 2 is 1.95 bits per heavy atom. The Morgan fingerprint density at radius 1 is 1.21 bits per heavy atom. The Bertz CT molecular complexity index is 373. The van der Waals surface area contributed by atoms with Crippen molar-refractivity contribution in [1.29, 1.82) is 0 Å². The highest BCUT2D eigenvalue weighted by molar-refractivity contribution is 6.29. The van der Waals surface area contributed by atoms with Crippen molar-refractivity contribution < 1.29 is 9.47 Å². The summed E-state index contributed by atoms with van der Waals surface area (Å²) in [7, 11) is 0. The summed E-state index contributed by atoms with van der Waals surface area (Å²) in [6.07, 6.45) is 0. The molecule has 0 aromatic carbocycles. The largest absolute Gasteiger partial charge is 0.476 e. The van der Waals surface area contributed by atoms with Gasteiger partial charge in [-0.05, 0) is 20.0 Å². The van der Waals surface area contributed by atoms with Gasteiger partial charge in [-0.2, -0.15) is 4.98 Å². The SMILES string of the molecule is CCOCc1nc(Cl)cc(OCCN(CC)CC)n1. The Labute approximate surface area is 119 Å². The van der Waals surface area contributed by atoms with Gasteiger partial charge in [-0.3, -0.25) is 0 Å². The van der Waals surface area contributed by atoms with Crippen LogP contribution in [0.25, 0.3) is 0 Å². The molecule has 0 atom stereocenters. The second-order valence-corrected chi connectivity index (χ2v) is 4.34. The first-order valence-electron chi connectivity index (χ1n) is 6.65. The Morgan fingerprint density at radius 3 is 2.58 bits per heavy atom. The molecule has 0 spiro atoms. The molecular weight excluding hydrogens is 266 g/mol. The number of rotatable bonds is 9. The lowest BCUT2D eigenvalue weighted by atomic mass is 10.5. The molecule has 0 saturated carbocycles. The van der Waals surface area contributed by atoms with Gasteiger partial charge in [0.25, 0.3) is 0 Å². The Kier molecular flexibility index (Phi) is 7.70. The quantitative estimate of drug-likeness (QED) is 0.653. The molecule has 0 radical (unpaired) electrons. The van der Waals surface area contributed by atoms with Crippen LogP contribution in [0.2, 0.25) is 5.15 Å². The van der Waals surface area contributed by atoms with Crippen LogP contribution in [0.1, 0.15) is 26.6 Å². The average Bonchev–Trinajstić information content (AvgIpc) is 2.41. The summed E-state index contributed by atoms with van der Waals surface area (Å²) >= 11 is 5.93. The third-order valence-corrected chi connectivity index (χ3v) is 2.90. The number of aromatic nitrogens is 2. The van der Waals surface area contributed by atoms with Crippen LogP contribution in [-0.2, 0) is 11.3 Å². The van der Waals surface area contributed by atoms with Gasteiger partial charge in [-0.15, -0.1) is 0 Å². The highest BCUT2D eigenvalue weighted by Gasteiger charge is 2.05. The van der Waals surface area contributed by atoms with Gasteiger partial charge in [0.05, 0.1) is 0 Å². The van der Waals surface area contributed by atoms with Gasteiger partial charge < -0.3 is 14.4 Å². The fourth-order valence-electron chi connectivity index (χ4n) is 1.59. The van der Waals surface area contributed by atoms with Crippen molar-refractivity contribution in [2.45, 2.75) is 27.4 Å². The van der Waals surface area contributed by atoms with E-state index in [1.54, 1.807) is 6.07 Å². The van der Waals surface area contributed by atoms with E-state index in [0.29, 0.717) is 36.7 Å². The van der Waals surface area contributed by atoms with E-state index in [9.17, 15) is 0 Å². The monoisotopic (exact) mass is 287 g/mol. The minimum absolute atomic E-state index is 0.351. The van der Waals surface area contributed by atoms with Crippen molar-refractivity contribution in [3.63, 3.8) is 0 Å². The summed E-state index contributed by atoms with van der Waals surface area (Å²) in [6.45, 7) is 10.6. The van der Waals surface area contributed by atoms with E-state index >= 15 is 0 Å². The zero-order valence-corrected chi connectivity index (χ0v) is 12.6. The van der Waals surface area contributed by atoms with Crippen LogP contribution >= 0.6 is 11.6 Å². The van der Waals surface area contributed by atoms with Crippen LogP contribution in [-0.4, -0.2) is 47.7 Å². The number of halogens is 1. The van der Waals surface area contributed by atoms with E-state index < -0.39 is 0 Å². The number of likely N-dealkylation sites (N-methyl/N-ethyl adjacent to an activating group) is 1. The molecule has 0 N–H and O–H groups in total. The highest BCUT2D eigenvalue weighted by Crippen LogP contribution is 2.14. The molecule has 108 valence electrons. The van der Waals surface area contributed by atoms with E-state index in [-0.39, 0.29) is 0 Å². The molecule has 0 fully saturated rings. The standard InChI is InChI=1S/C13H22ClN3O2/c1-4-17(5-2)7-8-19-13-9-11(14)15-12(16-13)10-18-6-3/h9H,4-8,10H2,1-3H3. The van der Waals surface area contributed by atoms with Gasteiger partial charge in [0.15, 0.2) is 5.82 Å². The van der Waals surface area contributed by atoms with Gasteiger partial charge in [-0.25, -0.2) is 4.98 Å². The van der Waals surface area contributed by atoms with E-state index in [2.05, 4.69) is 28.7 Å². The molecule has 19 heavy (non-hydrogen) atoms. The molecule has 1 aromatic rings. The second-order valence-electron chi connectivity index (χ2n) is 3.96. The van der Waals surface area contributed by atoms with E-state index in [1.807, 2.05) is 6.92 Å². The molecule has 5 nitrogen and oxygen atoms in total. The van der Waals surface area contributed by atoms with Crippen LogP contribution in [0.5, 0.6) is 5.88 Å². The number of ether oxygens (including phenoxy) is 2. The fourth-order valence-corrected chi connectivity index (χ4v) is 1.78. The van der Waals surface area contributed by atoms with Crippen molar-refractivity contribution >= 4 is 11.6 Å². The minimum Gasteiger partial charge on any atom is -0.476 e. The van der Waals surface area contributed by atoms with Crippen molar-refractivity contribution in [2.75, 3.05) is 32.8 Å². The second kappa shape index (κ2) is 9.07. The highest BCUT2D eigenvalue weighted by atomic mass is 35.5. The molecule has 1 rings (SSSR count). The maximum absolute atomic E-state index is 5.93. The van der Waals surface area contributed by atoms with Crippen LogP contribution in [0.3, 0.4) is 0 Å². The minimum atomic E-state index is 0.351. The zero-order chi connectivity index (χ0) is 14.1. The van der Waals surface area contributed by atoms with E-state index in [1.165, 1.54) is 0 Å². The summed E-state index contributed by atoms with van der Waals surface area (Å²) in [4.78, 5) is 10.6. The van der Waals surface area contributed by atoms with Crippen LogP contribution in [0, 0.1) is 0 Å². The molecule has 0 bridgehead atoms.